The Bertz CT molecular complexity index is 369. The van der Waals surface area contributed by atoms with Crippen molar-refractivity contribution in [3.63, 3.8) is 0 Å². The number of carboxylic acids is 1. The van der Waals surface area contributed by atoms with E-state index in [-0.39, 0.29) is 5.92 Å². The van der Waals surface area contributed by atoms with Crippen LogP contribution in [0, 0.1) is 5.41 Å². The van der Waals surface area contributed by atoms with Crippen molar-refractivity contribution in [2.75, 3.05) is 0 Å². The number of benzene rings is 1. The number of hydrogen-bond acceptors (Lipinski definition) is 1. The molecule has 0 amide bonds. The topological polar surface area (TPSA) is 37.3 Å². The normalized spacial score (nSPS) is 29.6. The fraction of sp³-hybridized carbons (Fsp3) is 0.250. The summed E-state index contributed by atoms with van der Waals surface area (Å²) in [5.41, 5.74) is 0.385. The van der Waals surface area contributed by atoms with Crippen LogP contribution in [0.25, 0.3) is 0 Å². The zero-order valence-electron chi connectivity index (χ0n) is 7.81. The first-order valence-electron chi connectivity index (χ1n) is 4.62. The summed E-state index contributed by atoms with van der Waals surface area (Å²) in [4.78, 5) is 11.0. The lowest BCUT2D eigenvalue weighted by Gasteiger charge is -2.05. The van der Waals surface area contributed by atoms with Crippen molar-refractivity contribution < 1.29 is 9.90 Å². The first-order valence-corrected chi connectivity index (χ1v) is 4.62. The second-order valence-corrected chi connectivity index (χ2v) is 3.72. The predicted molar refractivity (Wildman–Crippen MR) is 54.1 cm³/mol. The molecule has 1 saturated carbocycles. The number of carbonyl (C=O) groups is 1. The smallest absolute Gasteiger partial charge is 0.314 e. The Morgan fingerprint density at radius 2 is 2.14 bits per heavy atom. The molecule has 0 unspecified atom stereocenters. The van der Waals surface area contributed by atoms with Gasteiger partial charge >= 0.3 is 5.97 Å². The fourth-order valence-corrected chi connectivity index (χ4v) is 1.93. The van der Waals surface area contributed by atoms with Crippen molar-refractivity contribution in [3.05, 3.63) is 48.6 Å². The van der Waals surface area contributed by atoms with Gasteiger partial charge in [0.05, 0.1) is 5.41 Å². The van der Waals surface area contributed by atoms with Gasteiger partial charge in [0.2, 0.25) is 0 Å². The zero-order valence-corrected chi connectivity index (χ0v) is 7.81. The monoisotopic (exact) mass is 188 g/mol. The average Bonchev–Trinajstić information content (AvgIpc) is 2.95. The van der Waals surface area contributed by atoms with Crippen molar-refractivity contribution in [1.82, 2.24) is 0 Å². The van der Waals surface area contributed by atoms with Gasteiger partial charge in [-0.05, 0) is 12.0 Å². The van der Waals surface area contributed by atoms with Crippen molar-refractivity contribution in [2.45, 2.75) is 12.3 Å². The van der Waals surface area contributed by atoms with Gasteiger partial charge in [-0.3, -0.25) is 4.79 Å². The van der Waals surface area contributed by atoms with Crippen molar-refractivity contribution in [1.29, 1.82) is 0 Å². The van der Waals surface area contributed by atoms with Crippen LogP contribution in [-0.4, -0.2) is 11.1 Å². The molecule has 0 aromatic heterocycles. The largest absolute Gasteiger partial charge is 0.481 e. The number of aliphatic carboxylic acids is 1. The van der Waals surface area contributed by atoms with Gasteiger partial charge in [-0.2, -0.15) is 0 Å². The van der Waals surface area contributed by atoms with Gasteiger partial charge in [0, 0.05) is 5.92 Å². The molecule has 1 N–H and O–H groups in total. The van der Waals surface area contributed by atoms with Crippen LogP contribution in [0.2, 0.25) is 0 Å². The van der Waals surface area contributed by atoms with E-state index < -0.39 is 11.4 Å². The Labute approximate surface area is 82.9 Å². The maximum absolute atomic E-state index is 11.0. The summed E-state index contributed by atoms with van der Waals surface area (Å²) < 4.78 is 0. The van der Waals surface area contributed by atoms with Crippen LogP contribution in [0.15, 0.2) is 43.0 Å². The molecule has 2 nitrogen and oxygen atoms in total. The Morgan fingerprint density at radius 3 is 2.57 bits per heavy atom. The van der Waals surface area contributed by atoms with Crippen LogP contribution >= 0.6 is 0 Å². The summed E-state index contributed by atoms with van der Waals surface area (Å²) in [6.07, 6.45) is 2.24. The Hall–Kier alpha value is -1.57. The molecule has 2 atom stereocenters. The highest BCUT2D eigenvalue weighted by Gasteiger charge is 2.58. The molecule has 2 rings (SSSR count). The molecular formula is C12H12O2. The molecule has 1 aliphatic carbocycles. The molecule has 1 fully saturated rings. The summed E-state index contributed by atoms with van der Waals surface area (Å²) in [6.45, 7) is 3.61. The molecule has 0 spiro atoms. The molecule has 0 radical (unpaired) electrons. The van der Waals surface area contributed by atoms with Gasteiger partial charge in [0.25, 0.3) is 0 Å². The van der Waals surface area contributed by atoms with Crippen LogP contribution in [0.5, 0.6) is 0 Å². The Kier molecular flexibility index (Phi) is 1.92. The van der Waals surface area contributed by atoms with E-state index in [1.54, 1.807) is 6.08 Å². The lowest BCUT2D eigenvalue weighted by Crippen LogP contribution is -2.13. The first kappa shape index (κ1) is 9.00. The highest BCUT2D eigenvalue weighted by molar-refractivity contribution is 5.83. The van der Waals surface area contributed by atoms with Gasteiger partial charge < -0.3 is 5.11 Å². The second-order valence-electron chi connectivity index (χ2n) is 3.72. The molecule has 14 heavy (non-hydrogen) atoms. The van der Waals surface area contributed by atoms with E-state index in [1.165, 1.54) is 0 Å². The molecule has 0 saturated heterocycles. The van der Waals surface area contributed by atoms with Crippen molar-refractivity contribution in [3.8, 4) is 0 Å². The minimum atomic E-state index is -0.763. The molecule has 1 aromatic rings. The average molecular weight is 188 g/mol. The highest BCUT2D eigenvalue weighted by Crippen LogP contribution is 2.60. The fourth-order valence-electron chi connectivity index (χ4n) is 1.93. The standard InChI is InChI=1S/C12H12O2/c1-2-12(11(13)14)8-10(12)9-6-4-3-5-7-9/h2-7,10H,1,8H2,(H,13,14)/t10-,12+/m0/s1. The third kappa shape index (κ3) is 1.15. The molecule has 1 aromatic carbocycles. The van der Waals surface area contributed by atoms with Gasteiger partial charge in [-0.25, -0.2) is 0 Å². The minimum Gasteiger partial charge on any atom is -0.481 e. The van der Waals surface area contributed by atoms with Gasteiger partial charge in [0.15, 0.2) is 0 Å². The summed E-state index contributed by atoms with van der Waals surface area (Å²) in [6, 6.07) is 9.74. The van der Waals surface area contributed by atoms with Crippen LogP contribution < -0.4 is 0 Å². The van der Waals surface area contributed by atoms with E-state index >= 15 is 0 Å². The third-order valence-corrected chi connectivity index (χ3v) is 2.97. The Morgan fingerprint density at radius 1 is 1.50 bits per heavy atom. The summed E-state index contributed by atoms with van der Waals surface area (Å²) in [7, 11) is 0. The molecule has 0 aliphatic heterocycles. The molecule has 0 bridgehead atoms. The van der Waals surface area contributed by atoms with Crippen LogP contribution in [0.4, 0.5) is 0 Å². The van der Waals surface area contributed by atoms with E-state index in [0.29, 0.717) is 6.42 Å². The van der Waals surface area contributed by atoms with E-state index in [1.807, 2.05) is 30.3 Å². The van der Waals surface area contributed by atoms with Crippen molar-refractivity contribution in [2.24, 2.45) is 5.41 Å². The van der Waals surface area contributed by atoms with Crippen LogP contribution in [-0.2, 0) is 4.79 Å². The van der Waals surface area contributed by atoms with Crippen LogP contribution in [0.3, 0.4) is 0 Å². The van der Waals surface area contributed by atoms with Crippen LogP contribution in [0.1, 0.15) is 17.9 Å². The number of hydrogen-bond donors (Lipinski definition) is 1. The second kappa shape index (κ2) is 2.98. The summed E-state index contributed by atoms with van der Waals surface area (Å²) in [5, 5.41) is 9.06. The number of carboxylic acid groups (broad SMARTS) is 1. The summed E-state index contributed by atoms with van der Waals surface area (Å²) in [5.74, 6) is -0.653. The van der Waals surface area contributed by atoms with Crippen molar-refractivity contribution >= 4 is 5.97 Å². The third-order valence-electron chi connectivity index (χ3n) is 2.97. The highest BCUT2D eigenvalue weighted by atomic mass is 16.4. The molecular weight excluding hydrogens is 176 g/mol. The molecule has 0 heterocycles. The lowest BCUT2D eigenvalue weighted by atomic mass is 9.99. The van der Waals surface area contributed by atoms with Gasteiger partial charge in [-0.1, -0.05) is 36.4 Å². The lowest BCUT2D eigenvalue weighted by molar-refractivity contribution is -0.141. The van der Waals surface area contributed by atoms with Gasteiger partial charge in [-0.15, -0.1) is 6.58 Å². The Balaban J connectivity index is 2.27. The maximum Gasteiger partial charge on any atom is 0.314 e. The first-order chi connectivity index (χ1) is 6.70. The van der Waals surface area contributed by atoms with E-state index in [4.69, 9.17) is 5.11 Å². The quantitative estimate of drug-likeness (QED) is 0.740. The predicted octanol–water partition coefficient (Wildman–Crippen LogP) is 2.43. The minimum absolute atomic E-state index is 0.110. The van der Waals surface area contributed by atoms with E-state index in [2.05, 4.69) is 6.58 Å². The number of rotatable bonds is 3. The molecule has 72 valence electrons. The van der Waals surface area contributed by atoms with E-state index in [9.17, 15) is 4.79 Å². The van der Waals surface area contributed by atoms with E-state index in [0.717, 1.165) is 5.56 Å². The zero-order chi connectivity index (χ0) is 10.2. The SMILES string of the molecule is C=C[C@@]1(C(=O)O)C[C@H]1c1ccccc1. The molecule has 2 heteroatoms. The molecule has 1 aliphatic rings. The summed E-state index contributed by atoms with van der Waals surface area (Å²) >= 11 is 0. The maximum atomic E-state index is 11.0. The van der Waals surface area contributed by atoms with Gasteiger partial charge in [0.1, 0.15) is 0 Å².